The molecule has 1 aromatic heterocycles. The number of fused-ring (bicyclic) bond motifs is 1. The van der Waals surface area contributed by atoms with Gasteiger partial charge in [-0.1, -0.05) is 17.7 Å². The molecule has 27 heavy (non-hydrogen) atoms. The van der Waals surface area contributed by atoms with Crippen LogP contribution < -0.4 is 9.47 Å². The summed E-state index contributed by atoms with van der Waals surface area (Å²) >= 11 is 0. The fourth-order valence-corrected chi connectivity index (χ4v) is 2.98. The lowest BCUT2D eigenvalue weighted by molar-refractivity contribution is 0.0734. The minimum absolute atomic E-state index is 0.171. The van der Waals surface area contributed by atoms with Gasteiger partial charge in [-0.2, -0.15) is 0 Å². The van der Waals surface area contributed by atoms with Crippen LogP contribution in [0, 0.1) is 13.8 Å². The van der Waals surface area contributed by atoms with Crippen LogP contribution in [-0.4, -0.2) is 11.8 Å². The van der Waals surface area contributed by atoms with Crippen molar-refractivity contribution in [2.45, 2.75) is 13.8 Å². The first-order valence-corrected chi connectivity index (χ1v) is 8.42. The van der Waals surface area contributed by atoms with E-state index in [1.807, 2.05) is 13.0 Å². The Bertz CT molecular complexity index is 1070. The van der Waals surface area contributed by atoms with E-state index in [1.165, 1.54) is 6.26 Å². The Kier molecular flexibility index (Phi) is 4.12. The maximum Gasteiger partial charge on any atom is 0.343 e. The molecule has 0 amide bonds. The van der Waals surface area contributed by atoms with Gasteiger partial charge < -0.3 is 13.9 Å². The summed E-state index contributed by atoms with van der Waals surface area (Å²) in [5, 5.41) is 0. The highest BCUT2D eigenvalue weighted by molar-refractivity contribution is 6.15. The van der Waals surface area contributed by atoms with Crippen molar-refractivity contribution in [2.24, 2.45) is 0 Å². The highest BCUT2D eigenvalue weighted by Gasteiger charge is 2.30. The van der Waals surface area contributed by atoms with E-state index in [4.69, 9.17) is 13.9 Å². The number of ether oxygens (including phenoxy) is 2. The molecule has 0 spiro atoms. The summed E-state index contributed by atoms with van der Waals surface area (Å²) in [6.45, 7) is 3.68. The van der Waals surface area contributed by atoms with Gasteiger partial charge in [-0.05, 0) is 49.7 Å². The molecule has 0 bridgehead atoms. The minimum Gasteiger partial charge on any atom is -0.465 e. The molecule has 5 heteroatoms. The molecule has 4 rings (SSSR count). The van der Waals surface area contributed by atoms with Gasteiger partial charge in [0.25, 0.3) is 0 Å². The Balaban J connectivity index is 1.62. The molecule has 3 aromatic rings. The molecule has 0 N–H and O–H groups in total. The number of hydrogen-bond acceptors (Lipinski definition) is 5. The molecular formula is C22H16O5. The first kappa shape index (κ1) is 16.8. The Morgan fingerprint density at radius 3 is 2.67 bits per heavy atom. The predicted molar refractivity (Wildman–Crippen MR) is 99.0 cm³/mol. The summed E-state index contributed by atoms with van der Waals surface area (Å²) < 4.78 is 16.4. The fourth-order valence-electron chi connectivity index (χ4n) is 2.98. The average Bonchev–Trinajstić information content (AvgIpc) is 3.24. The van der Waals surface area contributed by atoms with Crippen LogP contribution in [0.15, 0.2) is 65.0 Å². The van der Waals surface area contributed by atoms with Gasteiger partial charge in [0.2, 0.25) is 5.78 Å². The van der Waals surface area contributed by atoms with Crippen LogP contribution in [0.2, 0.25) is 0 Å². The number of esters is 1. The van der Waals surface area contributed by atoms with Gasteiger partial charge in [0.05, 0.1) is 17.4 Å². The van der Waals surface area contributed by atoms with Crippen molar-refractivity contribution in [3.8, 4) is 11.5 Å². The largest absolute Gasteiger partial charge is 0.465 e. The van der Waals surface area contributed by atoms with Crippen molar-refractivity contribution in [2.75, 3.05) is 0 Å². The van der Waals surface area contributed by atoms with E-state index in [0.717, 1.165) is 5.56 Å². The molecular weight excluding hydrogens is 344 g/mol. The van der Waals surface area contributed by atoms with Crippen molar-refractivity contribution >= 4 is 17.8 Å². The fraction of sp³-hybridized carbons (Fsp3) is 0.0909. The van der Waals surface area contributed by atoms with E-state index < -0.39 is 5.97 Å². The average molecular weight is 360 g/mol. The van der Waals surface area contributed by atoms with E-state index in [1.54, 1.807) is 55.5 Å². The highest BCUT2D eigenvalue weighted by Crippen LogP contribution is 2.37. The molecule has 0 aliphatic carbocycles. The second-order valence-electron chi connectivity index (χ2n) is 6.33. The third-order valence-electron chi connectivity index (χ3n) is 4.22. The van der Waals surface area contributed by atoms with Crippen molar-refractivity contribution in [1.29, 1.82) is 0 Å². The Morgan fingerprint density at radius 2 is 1.93 bits per heavy atom. The van der Waals surface area contributed by atoms with Crippen molar-refractivity contribution in [1.82, 2.24) is 0 Å². The zero-order valence-electron chi connectivity index (χ0n) is 14.8. The number of allylic oxidation sites excluding steroid dienone is 1. The molecule has 0 unspecified atom stereocenters. The number of rotatable bonds is 3. The summed E-state index contributed by atoms with van der Waals surface area (Å²) in [5.41, 5.74) is 2.57. The normalized spacial score (nSPS) is 14.1. The highest BCUT2D eigenvalue weighted by atomic mass is 16.5. The molecule has 2 aromatic carbocycles. The summed E-state index contributed by atoms with van der Waals surface area (Å²) in [5.74, 6) is 0.693. The van der Waals surface area contributed by atoms with Gasteiger partial charge in [0, 0.05) is 12.1 Å². The first-order chi connectivity index (χ1) is 13.0. The smallest absolute Gasteiger partial charge is 0.343 e. The number of furan rings is 1. The van der Waals surface area contributed by atoms with Crippen LogP contribution in [0.5, 0.6) is 11.5 Å². The molecule has 0 saturated carbocycles. The zero-order valence-corrected chi connectivity index (χ0v) is 14.8. The Morgan fingerprint density at radius 1 is 1.07 bits per heavy atom. The summed E-state index contributed by atoms with van der Waals surface area (Å²) in [6, 6.07) is 13.8. The number of carbonyl (C=O) groups excluding carboxylic acids is 2. The van der Waals surface area contributed by atoms with Crippen LogP contribution in [0.3, 0.4) is 0 Å². The topological polar surface area (TPSA) is 65.7 Å². The Labute approximate surface area is 155 Å². The molecule has 1 aliphatic heterocycles. The first-order valence-electron chi connectivity index (χ1n) is 8.42. The number of benzene rings is 2. The Hall–Kier alpha value is -3.60. The predicted octanol–water partition coefficient (Wildman–Crippen LogP) is 4.73. The number of hydrogen-bond donors (Lipinski definition) is 0. The van der Waals surface area contributed by atoms with Crippen LogP contribution >= 0.6 is 0 Å². The molecule has 5 nitrogen and oxygen atoms in total. The van der Waals surface area contributed by atoms with Crippen LogP contribution in [-0.2, 0) is 0 Å². The molecule has 134 valence electrons. The number of carbonyl (C=O) groups is 2. The number of aryl methyl sites for hydroxylation is 2. The van der Waals surface area contributed by atoms with Gasteiger partial charge in [0.15, 0.2) is 5.76 Å². The van der Waals surface area contributed by atoms with Gasteiger partial charge in [-0.25, -0.2) is 4.79 Å². The molecule has 0 atom stereocenters. The lowest BCUT2D eigenvalue weighted by atomic mass is 10.0. The maximum absolute atomic E-state index is 12.6. The third kappa shape index (κ3) is 3.27. The summed E-state index contributed by atoms with van der Waals surface area (Å²) in [4.78, 5) is 25.0. The second kappa shape index (κ2) is 6.61. The van der Waals surface area contributed by atoms with Gasteiger partial charge in [-0.15, -0.1) is 0 Å². The van der Waals surface area contributed by atoms with E-state index in [2.05, 4.69) is 0 Å². The molecule has 0 saturated heterocycles. The minimum atomic E-state index is -0.464. The van der Waals surface area contributed by atoms with Crippen LogP contribution in [0.1, 0.15) is 37.6 Å². The van der Waals surface area contributed by atoms with E-state index >= 15 is 0 Å². The van der Waals surface area contributed by atoms with Gasteiger partial charge in [-0.3, -0.25) is 4.79 Å². The third-order valence-corrected chi connectivity index (χ3v) is 4.22. The van der Waals surface area contributed by atoms with E-state index in [0.29, 0.717) is 33.9 Å². The lowest BCUT2D eigenvalue weighted by Gasteiger charge is -2.08. The van der Waals surface area contributed by atoms with Crippen molar-refractivity contribution in [3.05, 3.63) is 88.6 Å². The lowest BCUT2D eigenvalue weighted by Crippen LogP contribution is -2.09. The standard InChI is InChI=1S/C22H16O5/c1-13-5-3-6-15(9-13)22(24)26-17-10-14(2)20-18(12-17)27-19(21(20)23)11-16-7-4-8-25-16/h3-12H,1-2H3/b19-11-. The quantitative estimate of drug-likeness (QED) is 0.384. The monoisotopic (exact) mass is 360 g/mol. The van der Waals surface area contributed by atoms with Crippen LogP contribution in [0.25, 0.3) is 6.08 Å². The van der Waals surface area contributed by atoms with E-state index in [9.17, 15) is 9.59 Å². The maximum atomic E-state index is 12.6. The van der Waals surface area contributed by atoms with Crippen molar-refractivity contribution in [3.63, 3.8) is 0 Å². The molecule has 1 aliphatic rings. The van der Waals surface area contributed by atoms with Gasteiger partial charge >= 0.3 is 5.97 Å². The second-order valence-corrected chi connectivity index (χ2v) is 6.33. The molecule has 0 fully saturated rings. The molecule has 0 radical (unpaired) electrons. The summed E-state index contributed by atoms with van der Waals surface area (Å²) in [7, 11) is 0. The van der Waals surface area contributed by atoms with Gasteiger partial charge in [0.1, 0.15) is 17.3 Å². The summed E-state index contributed by atoms with van der Waals surface area (Å²) in [6.07, 6.45) is 3.06. The van der Waals surface area contributed by atoms with Crippen LogP contribution in [0.4, 0.5) is 0 Å². The SMILES string of the molecule is Cc1cccc(C(=O)Oc2cc(C)c3c(c2)O/C(=C\c2ccco2)C3=O)c1. The molecule has 2 heterocycles. The number of Topliss-reactive ketones (excluding diaryl/α,β-unsaturated/α-hetero) is 1. The number of ketones is 1. The zero-order chi connectivity index (χ0) is 19.0. The van der Waals surface area contributed by atoms with E-state index in [-0.39, 0.29) is 11.5 Å². The van der Waals surface area contributed by atoms with Crippen molar-refractivity contribution < 1.29 is 23.5 Å².